The third kappa shape index (κ3) is 3.13. The molecule has 0 atom stereocenters. The lowest BCUT2D eigenvalue weighted by Crippen LogP contribution is -2.39. The Morgan fingerprint density at radius 3 is 2.50 bits per heavy atom. The van der Waals surface area contributed by atoms with Crippen molar-refractivity contribution in [2.45, 2.75) is 13.0 Å². The number of aryl methyl sites for hydroxylation is 2. The predicted octanol–water partition coefficient (Wildman–Crippen LogP) is 0.382. The number of rotatable bonds is 6. The van der Waals surface area contributed by atoms with Gasteiger partial charge in [-0.3, -0.25) is 13.9 Å². The highest BCUT2D eigenvalue weighted by Gasteiger charge is 2.18. The van der Waals surface area contributed by atoms with Crippen LogP contribution in [0, 0.1) is 5.82 Å². The number of anilines is 1. The number of imidazole rings is 1. The smallest absolute Gasteiger partial charge is 0.332 e. The normalized spacial score (nSPS) is 11.2. The van der Waals surface area contributed by atoms with Crippen molar-refractivity contribution in [2.24, 2.45) is 19.8 Å². The number of hydrogen-bond acceptors (Lipinski definition) is 5. The lowest BCUT2D eigenvalue weighted by Gasteiger charge is -2.09. The molecule has 0 amide bonds. The molecule has 0 aliphatic heterocycles. The monoisotopic (exact) mass is 360 g/mol. The first-order chi connectivity index (χ1) is 12.4. The van der Waals surface area contributed by atoms with Crippen molar-refractivity contribution in [1.82, 2.24) is 18.7 Å². The molecule has 0 saturated carbocycles. The van der Waals surface area contributed by atoms with Crippen LogP contribution in [0.15, 0.2) is 33.9 Å². The van der Waals surface area contributed by atoms with E-state index in [0.29, 0.717) is 35.8 Å². The number of fused-ring (bicyclic) bond motifs is 1. The Bertz CT molecular complexity index is 1050. The molecule has 9 heteroatoms. The average molecular weight is 360 g/mol. The quantitative estimate of drug-likeness (QED) is 0.619. The van der Waals surface area contributed by atoms with Crippen LogP contribution in [-0.2, 0) is 20.6 Å². The third-order valence-electron chi connectivity index (χ3n) is 4.28. The number of benzene rings is 1. The fraction of sp³-hybridized carbons (Fsp3) is 0.353. The van der Waals surface area contributed by atoms with Crippen LogP contribution in [0.3, 0.4) is 0 Å². The summed E-state index contributed by atoms with van der Waals surface area (Å²) < 4.78 is 17.2. The van der Waals surface area contributed by atoms with Crippen LogP contribution in [0.4, 0.5) is 10.3 Å². The van der Waals surface area contributed by atoms with E-state index in [1.54, 1.807) is 30.8 Å². The van der Waals surface area contributed by atoms with E-state index in [9.17, 15) is 14.0 Å². The van der Waals surface area contributed by atoms with E-state index in [-0.39, 0.29) is 12.4 Å². The number of nitrogens with one attached hydrogen (secondary N) is 1. The van der Waals surface area contributed by atoms with Crippen LogP contribution in [0.25, 0.3) is 11.2 Å². The number of nitrogens with two attached hydrogens (primary N) is 1. The van der Waals surface area contributed by atoms with Gasteiger partial charge in [0.1, 0.15) is 5.82 Å². The zero-order valence-corrected chi connectivity index (χ0v) is 14.7. The summed E-state index contributed by atoms with van der Waals surface area (Å²) in [6, 6.07) is 5.70. The van der Waals surface area contributed by atoms with Crippen LogP contribution in [0.1, 0.15) is 12.0 Å². The number of hydrogen-bond donors (Lipinski definition) is 2. The minimum atomic E-state index is -0.474. The molecule has 2 heterocycles. The van der Waals surface area contributed by atoms with Gasteiger partial charge in [-0.15, -0.1) is 0 Å². The summed E-state index contributed by atoms with van der Waals surface area (Å²) in [7, 11) is 3.29. The summed E-state index contributed by atoms with van der Waals surface area (Å²) in [6.07, 6.45) is 0.761. The van der Waals surface area contributed by atoms with Gasteiger partial charge in [0, 0.05) is 20.6 Å². The highest BCUT2D eigenvalue weighted by atomic mass is 19.1. The van der Waals surface area contributed by atoms with Gasteiger partial charge in [-0.2, -0.15) is 4.98 Å². The maximum absolute atomic E-state index is 13.1. The Kier molecular flexibility index (Phi) is 4.90. The average Bonchev–Trinajstić information content (AvgIpc) is 2.96. The topological polar surface area (TPSA) is 99.9 Å². The molecule has 26 heavy (non-hydrogen) atoms. The van der Waals surface area contributed by atoms with E-state index < -0.39 is 11.2 Å². The highest BCUT2D eigenvalue weighted by molar-refractivity contribution is 5.74. The van der Waals surface area contributed by atoms with Gasteiger partial charge in [0.15, 0.2) is 11.2 Å². The molecule has 2 aromatic heterocycles. The van der Waals surface area contributed by atoms with Crippen molar-refractivity contribution < 1.29 is 4.39 Å². The second-order valence-corrected chi connectivity index (χ2v) is 6.10. The van der Waals surface area contributed by atoms with E-state index in [1.165, 1.54) is 16.7 Å². The summed E-state index contributed by atoms with van der Waals surface area (Å²) >= 11 is 0. The molecule has 0 unspecified atom stereocenters. The fourth-order valence-electron chi connectivity index (χ4n) is 2.82. The first-order valence-electron chi connectivity index (χ1n) is 8.28. The van der Waals surface area contributed by atoms with Crippen molar-refractivity contribution >= 4 is 17.1 Å². The van der Waals surface area contributed by atoms with Crippen LogP contribution < -0.4 is 22.3 Å². The van der Waals surface area contributed by atoms with Gasteiger partial charge in [0.25, 0.3) is 5.56 Å². The van der Waals surface area contributed by atoms with Crippen LogP contribution >= 0.6 is 0 Å². The van der Waals surface area contributed by atoms with Crippen molar-refractivity contribution in [2.75, 3.05) is 18.4 Å². The molecule has 3 N–H and O–H groups in total. The van der Waals surface area contributed by atoms with E-state index in [4.69, 9.17) is 5.73 Å². The number of nitrogens with zero attached hydrogens (tertiary/aromatic N) is 4. The van der Waals surface area contributed by atoms with Crippen molar-refractivity contribution in [1.29, 1.82) is 0 Å². The second kappa shape index (κ2) is 7.12. The van der Waals surface area contributed by atoms with Gasteiger partial charge in [0.2, 0.25) is 5.95 Å². The Hall–Kier alpha value is -2.94. The van der Waals surface area contributed by atoms with Gasteiger partial charge in [-0.25, -0.2) is 9.18 Å². The molecule has 1 aromatic carbocycles. The minimum absolute atomic E-state index is 0.0584. The number of aromatic nitrogens is 4. The van der Waals surface area contributed by atoms with Crippen molar-refractivity contribution in [3.05, 3.63) is 56.5 Å². The molecule has 138 valence electrons. The summed E-state index contributed by atoms with van der Waals surface area (Å²) in [5.74, 6) is 0.129. The summed E-state index contributed by atoms with van der Waals surface area (Å²) in [5, 5.41) is 3.12. The Labute approximate surface area is 148 Å². The van der Waals surface area contributed by atoms with E-state index >= 15 is 0 Å². The van der Waals surface area contributed by atoms with Gasteiger partial charge in [0.05, 0.1) is 6.54 Å². The molecule has 0 bridgehead atoms. The maximum Gasteiger partial charge on any atom is 0.332 e. The minimum Gasteiger partial charge on any atom is -0.356 e. The van der Waals surface area contributed by atoms with Gasteiger partial charge < -0.3 is 15.6 Å². The summed E-state index contributed by atoms with van der Waals surface area (Å²) in [5.41, 5.74) is 5.87. The van der Waals surface area contributed by atoms with E-state index in [2.05, 4.69) is 10.3 Å². The SMILES string of the molecule is Cn1c(NCCCN)nc2c1c(=O)n(Cc1ccc(F)cc1)c(=O)n2C. The number of halogens is 1. The molecule has 0 fully saturated rings. The zero-order chi connectivity index (χ0) is 18.8. The van der Waals surface area contributed by atoms with Crippen LogP contribution in [-0.4, -0.2) is 31.8 Å². The standard InChI is InChI=1S/C17H21FN6O2/c1-22-13-14(21-16(22)20-9-3-8-19)23(2)17(26)24(15(13)25)10-11-4-6-12(18)7-5-11/h4-7H,3,8-10,19H2,1-2H3,(H,20,21). The molecule has 3 rings (SSSR count). The van der Waals surface area contributed by atoms with Crippen molar-refractivity contribution in [3.63, 3.8) is 0 Å². The lowest BCUT2D eigenvalue weighted by molar-refractivity contribution is 0.623. The Morgan fingerprint density at radius 2 is 1.85 bits per heavy atom. The molecule has 0 saturated heterocycles. The molecule has 0 radical (unpaired) electrons. The fourth-order valence-corrected chi connectivity index (χ4v) is 2.82. The van der Waals surface area contributed by atoms with Gasteiger partial charge >= 0.3 is 5.69 Å². The highest BCUT2D eigenvalue weighted by Crippen LogP contribution is 2.13. The van der Waals surface area contributed by atoms with Crippen LogP contribution in [0.2, 0.25) is 0 Å². The molecule has 0 aliphatic carbocycles. The molecule has 0 aliphatic rings. The van der Waals surface area contributed by atoms with Gasteiger partial charge in [-0.05, 0) is 30.7 Å². The molecule has 0 spiro atoms. The third-order valence-corrected chi connectivity index (χ3v) is 4.28. The predicted molar refractivity (Wildman–Crippen MR) is 97.9 cm³/mol. The maximum atomic E-state index is 13.1. The summed E-state index contributed by atoms with van der Waals surface area (Å²) in [4.78, 5) is 29.9. The molecular weight excluding hydrogens is 339 g/mol. The Morgan fingerprint density at radius 1 is 1.15 bits per heavy atom. The van der Waals surface area contributed by atoms with E-state index in [1.807, 2.05) is 0 Å². The largest absolute Gasteiger partial charge is 0.356 e. The van der Waals surface area contributed by atoms with Crippen molar-refractivity contribution in [3.8, 4) is 0 Å². The summed E-state index contributed by atoms with van der Waals surface area (Å²) in [6.45, 7) is 1.22. The lowest BCUT2D eigenvalue weighted by atomic mass is 10.2. The van der Waals surface area contributed by atoms with E-state index in [0.717, 1.165) is 11.0 Å². The second-order valence-electron chi connectivity index (χ2n) is 6.10. The van der Waals surface area contributed by atoms with Gasteiger partial charge in [-0.1, -0.05) is 12.1 Å². The first kappa shape index (κ1) is 17.9. The zero-order valence-electron chi connectivity index (χ0n) is 14.7. The first-order valence-corrected chi connectivity index (χ1v) is 8.28. The molecule has 8 nitrogen and oxygen atoms in total. The molecule has 3 aromatic rings. The molecular formula is C17H21FN6O2. The van der Waals surface area contributed by atoms with Crippen LogP contribution in [0.5, 0.6) is 0 Å². The Balaban J connectivity index is 2.10.